The van der Waals surface area contributed by atoms with Crippen molar-refractivity contribution in [3.63, 3.8) is 0 Å². The largest absolute Gasteiger partial charge is 0.337 e. The first-order valence-electron chi connectivity index (χ1n) is 5.55. The number of carbonyl (C=O) groups is 1. The SMILES string of the molecule is Cc1nc(C(=O)N2CCC(N)C(C)C2)cs1. The number of thiazole rings is 1. The summed E-state index contributed by atoms with van der Waals surface area (Å²) in [6, 6.07) is 0.223. The molecule has 0 aromatic carbocycles. The molecule has 1 fully saturated rings. The smallest absolute Gasteiger partial charge is 0.273 e. The molecule has 0 saturated carbocycles. The van der Waals surface area contributed by atoms with Gasteiger partial charge in [-0.3, -0.25) is 4.79 Å². The number of amides is 1. The number of hydrogen-bond acceptors (Lipinski definition) is 4. The molecule has 2 N–H and O–H groups in total. The van der Waals surface area contributed by atoms with Crippen LogP contribution in [0.15, 0.2) is 5.38 Å². The van der Waals surface area contributed by atoms with Crippen LogP contribution < -0.4 is 5.73 Å². The maximum Gasteiger partial charge on any atom is 0.273 e. The summed E-state index contributed by atoms with van der Waals surface area (Å²) in [4.78, 5) is 18.2. The van der Waals surface area contributed by atoms with E-state index >= 15 is 0 Å². The van der Waals surface area contributed by atoms with Gasteiger partial charge in [0.25, 0.3) is 5.91 Å². The second-order valence-corrected chi connectivity index (χ2v) is 5.49. The zero-order valence-electron chi connectivity index (χ0n) is 9.64. The normalized spacial score (nSPS) is 25.8. The van der Waals surface area contributed by atoms with E-state index in [2.05, 4.69) is 11.9 Å². The van der Waals surface area contributed by atoms with E-state index in [9.17, 15) is 4.79 Å². The van der Waals surface area contributed by atoms with E-state index < -0.39 is 0 Å². The summed E-state index contributed by atoms with van der Waals surface area (Å²) in [5.74, 6) is 0.417. The van der Waals surface area contributed by atoms with Gasteiger partial charge in [-0.2, -0.15) is 0 Å². The molecule has 0 bridgehead atoms. The van der Waals surface area contributed by atoms with Crippen LogP contribution in [0.1, 0.15) is 28.8 Å². The monoisotopic (exact) mass is 239 g/mol. The van der Waals surface area contributed by atoms with Crippen LogP contribution in [-0.4, -0.2) is 34.9 Å². The third kappa shape index (κ3) is 2.25. The van der Waals surface area contributed by atoms with Crippen LogP contribution in [-0.2, 0) is 0 Å². The fraction of sp³-hybridized carbons (Fsp3) is 0.636. The highest BCUT2D eigenvalue weighted by atomic mass is 32.1. The van der Waals surface area contributed by atoms with Gasteiger partial charge in [0.05, 0.1) is 5.01 Å². The van der Waals surface area contributed by atoms with E-state index in [4.69, 9.17) is 5.73 Å². The Balaban J connectivity index is 2.06. The number of likely N-dealkylation sites (tertiary alicyclic amines) is 1. The van der Waals surface area contributed by atoms with Crippen LogP contribution in [0, 0.1) is 12.8 Å². The zero-order valence-corrected chi connectivity index (χ0v) is 10.5. The van der Waals surface area contributed by atoms with Crippen molar-refractivity contribution in [3.05, 3.63) is 16.1 Å². The third-order valence-corrected chi connectivity index (χ3v) is 3.87. The predicted octanol–water partition coefficient (Wildman–Crippen LogP) is 1.26. The molecule has 2 unspecified atom stereocenters. The molecule has 2 heterocycles. The quantitative estimate of drug-likeness (QED) is 0.802. The molecule has 1 aliphatic heterocycles. The molecule has 1 aliphatic rings. The lowest BCUT2D eigenvalue weighted by Gasteiger charge is -2.34. The molecule has 2 rings (SSSR count). The molecule has 1 saturated heterocycles. The van der Waals surface area contributed by atoms with Crippen LogP contribution in [0.25, 0.3) is 0 Å². The number of rotatable bonds is 1. The fourth-order valence-electron chi connectivity index (χ4n) is 1.97. The summed E-state index contributed by atoms with van der Waals surface area (Å²) in [7, 11) is 0. The molecule has 4 nitrogen and oxygen atoms in total. The van der Waals surface area contributed by atoms with Gasteiger partial charge in [-0.1, -0.05) is 6.92 Å². The summed E-state index contributed by atoms with van der Waals surface area (Å²) in [6.07, 6.45) is 0.885. The van der Waals surface area contributed by atoms with E-state index in [1.54, 1.807) is 0 Å². The molecule has 88 valence electrons. The predicted molar refractivity (Wildman–Crippen MR) is 64.5 cm³/mol. The Hall–Kier alpha value is -0.940. The van der Waals surface area contributed by atoms with Crippen molar-refractivity contribution in [1.29, 1.82) is 0 Å². The Kier molecular flexibility index (Phi) is 3.25. The lowest BCUT2D eigenvalue weighted by atomic mass is 9.95. The Labute approximate surface area is 99.5 Å². The van der Waals surface area contributed by atoms with Gasteiger partial charge in [-0.05, 0) is 19.3 Å². The van der Waals surface area contributed by atoms with Crippen LogP contribution in [0.5, 0.6) is 0 Å². The summed E-state index contributed by atoms with van der Waals surface area (Å²) < 4.78 is 0. The minimum atomic E-state index is 0.0445. The maximum atomic E-state index is 12.1. The highest BCUT2D eigenvalue weighted by Crippen LogP contribution is 2.18. The van der Waals surface area contributed by atoms with Crippen molar-refractivity contribution in [3.8, 4) is 0 Å². The molecule has 5 heteroatoms. The number of nitrogens with two attached hydrogens (primary N) is 1. The Bertz CT molecular complexity index is 390. The van der Waals surface area contributed by atoms with Crippen LogP contribution >= 0.6 is 11.3 Å². The van der Waals surface area contributed by atoms with Crippen molar-refractivity contribution in [2.75, 3.05) is 13.1 Å². The Morgan fingerprint density at radius 2 is 2.44 bits per heavy atom. The fourth-order valence-corrected chi connectivity index (χ4v) is 2.56. The number of aryl methyl sites for hydroxylation is 1. The average Bonchev–Trinajstić information content (AvgIpc) is 2.68. The Morgan fingerprint density at radius 3 is 3.00 bits per heavy atom. The van der Waals surface area contributed by atoms with E-state index in [1.165, 1.54) is 11.3 Å². The second kappa shape index (κ2) is 4.51. The summed E-state index contributed by atoms with van der Waals surface area (Å²) >= 11 is 1.51. The van der Waals surface area contributed by atoms with Crippen molar-refractivity contribution >= 4 is 17.2 Å². The van der Waals surface area contributed by atoms with Crippen molar-refractivity contribution in [2.45, 2.75) is 26.3 Å². The molecule has 16 heavy (non-hydrogen) atoms. The van der Waals surface area contributed by atoms with Crippen molar-refractivity contribution < 1.29 is 4.79 Å². The molecular weight excluding hydrogens is 222 g/mol. The molecule has 1 amide bonds. The van der Waals surface area contributed by atoms with Crippen LogP contribution in [0.4, 0.5) is 0 Å². The molecule has 1 aromatic heterocycles. The minimum Gasteiger partial charge on any atom is -0.337 e. The summed E-state index contributed by atoms with van der Waals surface area (Å²) in [5, 5.41) is 2.77. The van der Waals surface area contributed by atoms with E-state index in [0.29, 0.717) is 11.6 Å². The van der Waals surface area contributed by atoms with Crippen molar-refractivity contribution in [1.82, 2.24) is 9.88 Å². The van der Waals surface area contributed by atoms with Gasteiger partial charge in [0.1, 0.15) is 5.69 Å². The van der Waals surface area contributed by atoms with E-state index in [0.717, 1.165) is 24.5 Å². The average molecular weight is 239 g/mol. The molecular formula is C11H17N3OS. The lowest BCUT2D eigenvalue weighted by Crippen LogP contribution is -2.48. The first-order valence-corrected chi connectivity index (χ1v) is 6.43. The van der Waals surface area contributed by atoms with Crippen LogP contribution in [0.3, 0.4) is 0 Å². The standard InChI is InChI=1S/C11H17N3OS/c1-7-5-14(4-3-9(7)12)11(15)10-6-16-8(2)13-10/h6-7,9H,3-5,12H2,1-2H3. The minimum absolute atomic E-state index is 0.0445. The third-order valence-electron chi connectivity index (χ3n) is 3.10. The van der Waals surface area contributed by atoms with Gasteiger partial charge in [0, 0.05) is 24.5 Å². The Morgan fingerprint density at radius 1 is 1.69 bits per heavy atom. The topological polar surface area (TPSA) is 59.2 Å². The lowest BCUT2D eigenvalue weighted by molar-refractivity contribution is 0.0659. The summed E-state index contributed by atoms with van der Waals surface area (Å²) in [6.45, 7) is 5.50. The van der Waals surface area contributed by atoms with E-state index in [-0.39, 0.29) is 11.9 Å². The van der Waals surface area contributed by atoms with Gasteiger partial charge in [0.15, 0.2) is 0 Å². The first-order chi connectivity index (χ1) is 7.58. The van der Waals surface area contributed by atoms with Gasteiger partial charge >= 0.3 is 0 Å². The molecule has 0 radical (unpaired) electrons. The molecule has 0 aliphatic carbocycles. The second-order valence-electron chi connectivity index (χ2n) is 4.43. The number of carbonyl (C=O) groups excluding carboxylic acids is 1. The summed E-state index contributed by atoms with van der Waals surface area (Å²) in [5.41, 5.74) is 6.51. The highest BCUT2D eigenvalue weighted by Gasteiger charge is 2.27. The van der Waals surface area contributed by atoms with Gasteiger partial charge in [-0.15, -0.1) is 11.3 Å². The molecule has 2 atom stereocenters. The first kappa shape index (κ1) is 11.5. The number of aromatic nitrogens is 1. The number of hydrogen-bond donors (Lipinski definition) is 1. The maximum absolute atomic E-state index is 12.1. The van der Waals surface area contributed by atoms with E-state index in [1.807, 2.05) is 17.2 Å². The molecule has 0 spiro atoms. The van der Waals surface area contributed by atoms with Gasteiger partial charge in [-0.25, -0.2) is 4.98 Å². The highest BCUT2D eigenvalue weighted by molar-refractivity contribution is 7.09. The van der Waals surface area contributed by atoms with Gasteiger partial charge < -0.3 is 10.6 Å². The zero-order chi connectivity index (χ0) is 11.7. The van der Waals surface area contributed by atoms with Crippen molar-refractivity contribution in [2.24, 2.45) is 11.7 Å². The van der Waals surface area contributed by atoms with Gasteiger partial charge in [0.2, 0.25) is 0 Å². The molecule has 1 aromatic rings. The number of nitrogens with zero attached hydrogens (tertiary/aromatic N) is 2. The number of piperidine rings is 1. The van der Waals surface area contributed by atoms with Crippen LogP contribution in [0.2, 0.25) is 0 Å².